The topological polar surface area (TPSA) is 106 Å². The van der Waals surface area contributed by atoms with Gasteiger partial charge in [-0.25, -0.2) is 0 Å². The molecule has 20 heavy (non-hydrogen) atoms. The van der Waals surface area contributed by atoms with Crippen molar-refractivity contribution in [2.75, 3.05) is 6.54 Å². The molecule has 110 valence electrons. The van der Waals surface area contributed by atoms with E-state index in [4.69, 9.17) is 5.11 Å². The van der Waals surface area contributed by atoms with Gasteiger partial charge >= 0.3 is 5.97 Å². The summed E-state index contributed by atoms with van der Waals surface area (Å²) in [6.45, 7) is 2.30. The number of amides is 1. The molecule has 7 heteroatoms. The summed E-state index contributed by atoms with van der Waals surface area (Å²) in [6.07, 6.45) is 2.51. The number of likely N-dealkylation sites (tertiary alicyclic amines) is 1. The number of aryl methyl sites for hydroxylation is 1. The van der Waals surface area contributed by atoms with Crippen LogP contribution in [0.5, 0.6) is 0 Å². The van der Waals surface area contributed by atoms with Crippen molar-refractivity contribution in [2.24, 2.45) is 0 Å². The number of H-pyrrole nitrogens is 2. The summed E-state index contributed by atoms with van der Waals surface area (Å²) in [4.78, 5) is 36.4. The maximum atomic E-state index is 12.3. The third kappa shape index (κ3) is 3.09. The predicted molar refractivity (Wildman–Crippen MR) is 71.5 cm³/mol. The highest BCUT2D eigenvalue weighted by Crippen LogP contribution is 2.20. The average molecular weight is 281 g/mol. The fraction of sp³-hybridized carbons (Fsp3) is 0.615. The van der Waals surface area contributed by atoms with E-state index >= 15 is 0 Å². The van der Waals surface area contributed by atoms with Gasteiger partial charge in [-0.15, -0.1) is 0 Å². The van der Waals surface area contributed by atoms with Crippen LogP contribution in [0.1, 0.15) is 36.9 Å². The molecule has 1 fully saturated rings. The summed E-state index contributed by atoms with van der Waals surface area (Å²) in [5.41, 5.74) is 0.785. The van der Waals surface area contributed by atoms with Crippen LogP contribution in [0.2, 0.25) is 0 Å². The molecule has 1 aliphatic rings. The number of carbonyl (C=O) groups is 2. The number of carboxylic acids is 1. The van der Waals surface area contributed by atoms with Crippen molar-refractivity contribution in [2.45, 2.75) is 45.1 Å². The number of hydrogen-bond acceptors (Lipinski definition) is 3. The van der Waals surface area contributed by atoms with E-state index in [-0.39, 0.29) is 30.3 Å². The minimum atomic E-state index is -0.898. The number of aromatic amines is 2. The van der Waals surface area contributed by atoms with Crippen molar-refractivity contribution in [3.8, 4) is 0 Å². The number of rotatable bonds is 4. The minimum absolute atomic E-state index is 0.0147. The Morgan fingerprint density at radius 2 is 2.10 bits per heavy atom. The summed E-state index contributed by atoms with van der Waals surface area (Å²) in [6, 6.07) is -0.257. The molecule has 0 aromatic carbocycles. The standard InChI is InChI=1S/C13H19N3O4/c1-8-10(13(20)15-14-8)7-11(17)16-5-3-2-4-9(16)6-12(18)19/h9H,2-7H2,1H3,(H,18,19)(H2,14,15,20)/t9-/m0/s1. The molecule has 0 saturated carbocycles. The average Bonchev–Trinajstić information content (AvgIpc) is 2.70. The molecule has 0 bridgehead atoms. The van der Waals surface area contributed by atoms with Crippen LogP contribution in [0.25, 0.3) is 0 Å². The maximum Gasteiger partial charge on any atom is 0.305 e. The van der Waals surface area contributed by atoms with E-state index in [1.165, 1.54) is 0 Å². The highest BCUT2D eigenvalue weighted by Gasteiger charge is 2.29. The molecule has 2 rings (SSSR count). The van der Waals surface area contributed by atoms with Crippen LogP contribution in [-0.2, 0) is 16.0 Å². The molecule has 1 aromatic heterocycles. The largest absolute Gasteiger partial charge is 0.481 e. The first-order valence-corrected chi connectivity index (χ1v) is 6.76. The Labute approximate surface area is 116 Å². The van der Waals surface area contributed by atoms with Gasteiger partial charge in [-0.3, -0.25) is 19.5 Å². The molecule has 0 unspecified atom stereocenters. The van der Waals surface area contributed by atoms with E-state index in [2.05, 4.69) is 10.2 Å². The molecule has 7 nitrogen and oxygen atoms in total. The Morgan fingerprint density at radius 3 is 2.70 bits per heavy atom. The lowest BCUT2D eigenvalue weighted by Crippen LogP contribution is -2.45. The molecule has 3 N–H and O–H groups in total. The van der Waals surface area contributed by atoms with Crippen LogP contribution in [0.15, 0.2) is 4.79 Å². The molecule has 1 aromatic rings. The van der Waals surface area contributed by atoms with Crippen molar-refractivity contribution in [1.82, 2.24) is 15.1 Å². The van der Waals surface area contributed by atoms with Crippen molar-refractivity contribution in [1.29, 1.82) is 0 Å². The van der Waals surface area contributed by atoms with E-state index in [9.17, 15) is 14.4 Å². The van der Waals surface area contributed by atoms with Gasteiger partial charge in [0.1, 0.15) is 0 Å². The molecule has 0 radical (unpaired) electrons. The molecule has 1 saturated heterocycles. The van der Waals surface area contributed by atoms with Crippen LogP contribution in [0.3, 0.4) is 0 Å². The van der Waals surface area contributed by atoms with Gasteiger partial charge < -0.3 is 15.1 Å². The first-order chi connectivity index (χ1) is 9.49. The van der Waals surface area contributed by atoms with Gasteiger partial charge in [0.15, 0.2) is 0 Å². The first kappa shape index (κ1) is 14.4. The second-order valence-corrected chi connectivity index (χ2v) is 5.19. The molecule has 1 aliphatic heterocycles. The van der Waals surface area contributed by atoms with E-state index in [0.717, 1.165) is 12.8 Å². The summed E-state index contributed by atoms with van der Waals surface area (Å²) < 4.78 is 0. The Kier molecular flexibility index (Phi) is 4.26. The number of carboxylic acid groups (broad SMARTS) is 1. The van der Waals surface area contributed by atoms with Crippen LogP contribution < -0.4 is 5.56 Å². The Bertz CT molecular complexity index is 560. The van der Waals surface area contributed by atoms with Crippen molar-refractivity contribution in [3.63, 3.8) is 0 Å². The van der Waals surface area contributed by atoms with E-state index in [1.807, 2.05) is 0 Å². The van der Waals surface area contributed by atoms with E-state index < -0.39 is 5.97 Å². The second kappa shape index (κ2) is 5.94. The lowest BCUT2D eigenvalue weighted by atomic mass is 9.98. The predicted octanol–water partition coefficient (Wildman–Crippen LogP) is 0.410. The highest BCUT2D eigenvalue weighted by molar-refractivity contribution is 5.80. The van der Waals surface area contributed by atoms with E-state index in [0.29, 0.717) is 24.2 Å². The number of hydrogen-bond donors (Lipinski definition) is 3. The summed E-state index contributed by atoms with van der Waals surface area (Å²) in [5.74, 6) is -1.07. The summed E-state index contributed by atoms with van der Waals surface area (Å²) in [5, 5.41) is 14.0. The Balaban J connectivity index is 2.10. The number of nitrogens with zero attached hydrogens (tertiary/aromatic N) is 1. The van der Waals surface area contributed by atoms with E-state index in [1.54, 1.807) is 11.8 Å². The molecule has 0 aliphatic carbocycles. The van der Waals surface area contributed by atoms with Gasteiger partial charge in [0, 0.05) is 23.8 Å². The van der Waals surface area contributed by atoms with Gasteiger partial charge in [-0.1, -0.05) is 0 Å². The summed E-state index contributed by atoms with van der Waals surface area (Å²) in [7, 11) is 0. The smallest absolute Gasteiger partial charge is 0.305 e. The monoisotopic (exact) mass is 281 g/mol. The van der Waals surface area contributed by atoms with Crippen molar-refractivity contribution in [3.05, 3.63) is 21.6 Å². The van der Waals surface area contributed by atoms with Gasteiger partial charge in [-0.2, -0.15) is 0 Å². The normalized spacial score (nSPS) is 19.1. The van der Waals surface area contributed by atoms with Crippen molar-refractivity contribution >= 4 is 11.9 Å². The SMILES string of the molecule is Cc1[nH][nH]c(=O)c1CC(=O)N1CCCC[C@H]1CC(=O)O. The molecule has 1 amide bonds. The van der Waals surface area contributed by atoms with Gasteiger partial charge in [0.2, 0.25) is 5.91 Å². The zero-order chi connectivity index (χ0) is 14.7. The van der Waals surface area contributed by atoms with Crippen LogP contribution >= 0.6 is 0 Å². The molecule has 0 spiro atoms. The zero-order valence-electron chi connectivity index (χ0n) is 11.4. The maximum absolute atomic E-state index is 12.3. The number of aliphatic carboxylic acids is 1. The van der Waals surface area contributed by atoms with Gasteiger partial charge in [-0.05, 0) is 26.2 Å². The lowest BCUT2D eigenvalue weighted by molar-refractivity contribution is -0.141. The molecular weight excluding hydrogens is 262 g/mol. The number of aromatic nitrogens is 2. The van der Waals surface area contributed by atoms with Crippen molar-refractivity contribution < 1.29 is 14.7 Å². The zero-order valence-corrected chi connectivity index (χ0v) is 11.4. The van der Waals surface area contributed by atoms with Gasteiger partial charge in [0.05, 0.1) is 12.8 Å². The quantitative estimate of drug-likeness (QED) is 0.743. The number of nitrogens with one attached hydrogen (secondary N) is 2. The third-order valence-electron chi connectivity index (χ3n) is 3.78. The fourth-order valence-electron chi connectivity index (χ4n) is 2.68. The first-order valence-electron chi connectivity index (χ1n) is 6.76. The van der Waals surface area contributed by atoms with Gasteiger partial charge in [0.25, 0.3) is 5.56 Å². The second-order valence-electron chi connectivity index (χ2n) is 5.19. The van der Waals surface area contributed by atoms with Crippen LogP contribution in [0, 0.1) is 6.92 Å². The molecule has 1 atom stereocenters. The van der Waals surface area contributed by atoms with Crippen LogP contribution in [-0.4, -0.2) is 44.7 Å². The number of carbonyl (C=O) groups excluding carboxylic acids is 1. The minimum Gasteiger partial charge on any atom is -0.481 e. The third-order valence-corrected chi connectivity index (χ3v) is 3.78. The highest BCUT2D eigenvalue weighted by atomic mass is 16.4. The molecule has 2 heterocycles. The lowest BCUT2D eigenvalue weighted by Gasteiger charge is -2.35. The summed E-state index contributed by atoms with van der Waals surface area (Å²) >= 11 is 0. The molecular formula is C13H19N3O4. The van der Waals surface area contributed by atoms with Crippen LogP contribution in [0.4, 0.5) is 0 Å². The Morgan fingerprint density at radius 1 is 1.35 bits per heavy atom. The number of piperidine rings is 1. The fourth-order valence-corrected chi connectivity index (χ4v) is 2.68. The Hall–Kier alpha value is -2.05.